The Morgan fingerprint density at radius 1 is 1.25 bits per heavy atom. The van der Waals surface area contributed by atoms with Crippen molar-refractivity contribution in [2.45, 2.75) is 39.0 Å². The van der Waals surface area contributed by atoms with Gasteiger partial charge in [0.25, 0.3) is 0 Å². The zero-order valence-electron chi connectivity index (χ0n) is 7.44. The number of rotatable bonds is 6. The smallest absolute Gasteiger partial charge is 0.321 e. The van der Waals surface area contributed by atoms with E-state index in [9.17, 15) is 4.57 Å². The van der Waals surface area contributed by atoms with Gasteiger partial charge in [-0.15, -0.1) is 0 Å². The van der Waals surface area contributed by atoms with Gasteiger partial charge in [0.2, 0.25) is 0 Å². The zero-order valence-corrected chi connectivity index (χ0v) is 8.33. The first kappa shape index (κ1) is 11.9. The SMILES string of the molecule is CCCCCCC=CP(=O)(O)O. The molecule has 0 radical (unpaired) electrons. The van der Waals surface area contributed by atoms with Crippen LogP contribution in [0.4, 0.5) is 0 Å². The van der Waals surface area contributed by atoms with Crippen molar-refractivity contribution in [1.29, 1.82) is 0 Å². The van der Waals surface area contributed by atoms with E-state index in [0.717, 1.165) is 25.1 Å². The highest BCUT2D eigenvalue weighted by Crippen LogP contribution is 2.36. The lowest BCUT2D eigenvalue weighted by Crippen LogP contribution is -1.74. The van der Waals surface area contributed by atoms with Gasteiger partial charge in [0.1, 0.15) is 0 Å². The molecule has 0 aromatic rings. The molecule has 0 aromatic heterocycles. The predicted octanol–water partition coefficient (Wildman–Crippen LogP) is 2.65. The van der Waals surface area contributed by atoms with Crippen molar-refractivity contribution in [2.75, 3.05) is 0 Å². The second-order valence-corrected chi connectivity index (χ2v) is 4.30. The molecule has 0 aliphatic rings. The van der Waals surface area contributed by atoms with E-state index < -0.39 is 7.60 Å². The molecule has 0 saturated heterocycles. The lowest BCUT2D eigenvalue weighted by Gasteiger charge is -1.95. The van der Waals surface area contributed by atoms with Crippen LogP contribution in [0.2, 0.25) is 0 Å². The molecule has 0 fully saturated rings. The summed E-state index contributed by atoms with van der Waals surface area (Å²) in [6, 6.07) is 0. The third kappa shape index (κ3) is 9.89. The Morgan fingerprint density at radius 2 is 1.92 bits per heavy atom. The maximum Gasteiger partial charge on any atom is 0.348 e. The van der Waals surface area contributed by atoms with Crippen LogP contribution in [0, 0.1) is 0 Å². The van der Waals surface area contributed by atoms with Crippen molar-refractivity contribution in [2.24, 2.45) is 0 Å². The van der Waals surface area contributed by atoms with Gasteiger partial charge in [-0.25, -0.2) is 0 Å². The molecule has 0 atom stereocenters. The molecule has 0 aromatic carbocycles. The quantitative estimate of drug-likeness (QED) is 0.502. The van der Waals surface area contributed by atoms with Gasteiger partial charge in [0.05, 0.1) is 0 Å². The minimum atomic E-state index is -3.90. The maximum absolute atomic E-state index is 10.3. The van der Waals surface area contributed by atoms with Crippen LogP contribution < -0.4 is 0 Å². The van der Waals surface area contributed by atoms with Gasteiger partial charge in [0, 0.05) is 5.82 Å². The van der Waals surface area contributed by atoms with Gasteiger partial charge in [-0.2, -0.15) is 0 Å². The highest BCUT2D eigenvalue weighted by Gasteiger charge is 2.03. The van der Waals surface area contributed by atoms with Gasteiger partial charge < -0.3 is 9.79 Å². The van der Waals surface area contributed by atoms with Gasteiger partial charge >= 0.3 is 7.60 Å². The molecule has 0 rings (SSSR count). The van der Waals surface area contributed by atoms with Crippen molar-refractivity contribution in [3.63, 3.8) is 0 Å². The van der Waals surface area contributed by atoms with E-state index >= 15 is 0 Å². The predicted molar refractivity (Wildman–Crippen MR) is 49.9 cm³/mol. The van der Waals surface area contributed by atoms with Gasteiger partial charge in [0.15, 0.2) is 0 Å². The van der Waals surface area contributed by atoms with Gasteiger partial charge in [-0.05, 0) is 12.8 Å². The number of unbranched alkanes of at least 4 members (excludes halogenated alkanes) is 4. The standard InChI is InChI=1S/C8H17O3P/c1-2-3-4-5-6-7-8-12(9,10)11/h7-8H,2-6H2,1H3,(H2,9,10,11). The zero-order chi connectivity index (χ0) is 9.45. The number of allylic oxidation sites excluding steroid dienone is 1. The summed E-state index contributed by atoms with van der Waals surface area (Å²) < 4.78 is 10.3. The Morgan fingerprint density at radius 3 is 2.42 bits per heavy atom. The Kier molecular flexibility index (Phi) is 6.35. The van der Waals surface area contributed by atoms with Crippen LogP contribution in [-0.4, -0.2) is 9.79 Å². The molecule has 3 nitrogen and oxygen atoms in total. The van der Waals surface area contributed by atoms with Crippen LogP contribution >= 0.6 is 7.60 Å². The first-order chi connectivity index (χ1) is 5.56. The number of hydrogen-bond acceptors (Lipinski definition) is 1. The van der Waals surface area contributed by atoms with E-state index in [0.29, 0.717) is 0 Å². The molecule has 0 aliphatic heterocycles. The maximum atomic E-state index is 10.3. The summed E-state index contributed by atoms with van der Waals surface area (Å²) >= 11 is 0. The van der Waals surface area contributed by atoms with E-state index in [1.807, 2.05) is 0 Å². The lowest BCUT2D eigenvalue weighted by molar-refractivity contribution is 0.386. The monoisotopic (exact) mass is 192 g/mol. The fourth-order valence-corrected chi connectivity index (χ4v) is 1.32. The summed E-state index contributed by atoms with van der Waals surface area (Å²) in [5.74, 6) is 0.985. The molecule has 2 N–H and O–H groups in total. The fourth-order valence-electron chi connectivity index (χ4n) is 0.901. The Bertz CT molecular complexity index is 171. The molecule has 0 saturated carbocycles. The average molecular weight is 192 g/mol. The minimum absolute atomic E-state index is 0.769. The molecule has 12 heavy (non-hydrogen) atoms. The molecule has 72 valence electrons. The Hall–Kier alpha value is -0.110. The minimum Gasteiger partial charge on any atom is -0.321 e. The lowest BCUT2D eigenvalue weighted by atomic mass is 10.2. The second-order valence-electron chi connectivity index (χ2n) is 2.82. The van der Waals surface area contributed by atoms with Crippen molar-refractivity contribution >= 4 is 7.60 Å². The molecule has 0 spiro atoms. The van der Waals surface area contributed by atoms with E-state index in [1.54, 1.807) is 6.08 Å². The van der Waals surface area contributed by atoms with Crippen LogP contribution in [0.25, 0.3) is 0 Å². The summed E-state index contributed by atoms with van der Waals surface area (Å²) in [4.78, 5) is 16.9. The van der Waals surface area contributed by atoms with E-state index in [4.69, 9.17) is 9.79 Å². The first-order valence-electron chi connectivity index (χ1n) is 4.29. The summed E-state index contributed by atoms with van der Waals surface area (Å²) in [6.45, 7) is 2.13. The van der Waals surface area contributed by atoms with Crippen LogP contribution in [0.15, 0.2) is 11.9 Å². The molecular formula is C8H17O3P. The Balaban J connectivity index is 3.31. The molecule has 0 amide bonds. The third-order valence-electron chi connectivity index (χ3n) is 1.52. The van der Waals surface area contributed by atoms with Crippen LogP contribution in [0.3, 0.4) is 0 Å². The topological polar surface area (TPSA) is 57.5 Å². The molecule has 4 heteroatoms. The molecule has 0 aliphatic carbocycles. The van der Waals surface area contributed by atoms with E-state index in [-0.39, 0.29) is 0 Å². The largest absolute Gasteiger partial charge is 0.348 e. The van der Waals surface area contributed by atoms with Crippen molar-refractivity contribution in [3.05, 3.63) is 11.9 Å². The van der Waals surface area contributed by atoms with Crippen molar-refractivity contribution < 1.29 is 14.4 Å². The normalized spacial score (nSPS) is 12.6. The van der Waals surface area contributed by atoms with Crippen LogP contribution in [0.5, 0.6) is 0 Å². The molecule has 0 unspecified atom stereocenters. The molecule has 0 heterocycles. The summed E-state index contributed by atoms with van der Waals surface area (Å²) in [5.41, 5.74) is 0. The van der Waals surface area contributed by atoms with E-state index in [1.165, 1.54) is 12.8 Å². The highest BCUT2D eigenvalue weighted by atomic mass is 31.2. The van der Waals surface area contributed by atoms with Crippen LogP contribution in [0.1, 0.15) is 39.0 Å². The van der Waals surface area contributed by atoms with Crippen LogP contribution in [-0.2, 0) is 4.57 Å². The van der Waals surface area contributed by atoms with Crippen molar-refractivity contribution in [1.82, 2.24) is 0 Å². The van der Waals surface area contributed by atoms with E-state index in [2.05, 4.69) is 6.92 Å². The molecule has 0 bridgehead atoms. The average Bonchev–Trinajstić information content (AvgIpc) is 1.94. The molecular weight excluding hydrogens is 175 g/mol. The first-order valence-corrected chi connectivity index (χ1v) is 5.97. The van der Waals surface area contributed by atoms with Gasteiger partial charge in [-0.3, -0.25) is 4.57 Å². The summed E-state index contributed by atoms with van der Waals surface area (Å²) in [7, 11) is -3.90. The number of hydrogen-bond donors (Lipinski definition) is 2. The third-order valence-corrected chi connectivity index (χ3v) is 2.12. The summed E-state index contributed by atoms with van der Waals surface area (Å²) in [5, 5.41) is 0. The highest BCUT2D eigenvalue weighted by molar-refractivity contribution is 7.55. The Labute approximate surface area is 73.7 Å². The van der Waals surface area contributed by atoms with Gasteiger partial charge in [-0.1, -0.05) is 32.3 Å². The second kappa shape index (κ2) is 6.41. The van der Waals surface area contributed by atoms with Crippen molar-refractivity contribution in [3.8, 4) is 0 Å². The fraction of sp³-hybridized carbons (Fsp3) is 0.750. The summed E-state index contributed by atoms with van der Waals surface area (Å²) in [6.07, 6.45) is 6.87.